The standard InChI is InChI=1S/C2H8N5O5PS/c3-1(14)5-6-7(2(4)8)12-13(9,10)11/h6H,(H2,4,8)(H3,3,5,14)(H2,9,10,11). The van der Waals surface area contributed by atoms with Crippen LogP contribution < -0.4 is 22.4 Å². The Morgan fingerprint density at radius 2 is 2.00 bits per heavy atom. The van der Waals surface area contributed by atoms with Crippen LogP contribution in [-0.4, -0.2) is 26.1 Å². The van der Waals surface area contributed by atoms with Crippen molar-refractivity contribution in [2.24, 2.45) is 11.5 Å². The molecule has 0 unspecified atom stereocenters. The van der Waals surface area contributed by atoms with E-state index in [1.807, 2.05) is 5.43 Å². The maximum Gasteiger partial charge on any atom is 0.492 e. The van der Waals surface area contributed by atoms with Crippen LogP contribution in [0.25, 0.3) is 0 Å². The highest BCUT2D eigenvalue weighted by atomic mass is 32.1. The van der Waals surface area contributed by atoms with Crippen LogP contribution >= 0.6 is 20.0 Å². The lowest BCUT2D eigenvalue weighted by molar-refractivity contribution is -0.0823. The molecule has 2 amide bonds. The molecule has 0 saturated heterocycles. The van der Waals surface area contributed by atoms with Crippen LogP contribution in [0.5, 0.6) is 0 Å². The summed E-state index contributed by atoms with van der Waals surface area (Å²) in [6, 6.07) is -1.31. The summed E-state index contributed by atoms with van der Waals surface area (Å²) in [4.78, 5) is 27.1. The quantitative estimate of drug-likeness (QED) is 0.180. The van der Waals surface area contributed by atoms with Crippen molar-refractivity contribution >= 4 is 31.2 Å². The second-order valence-corrected chi connectivity index (χ2v) is 3.39. The molecule has 0 saturated carbocycles. The predicted octanol–water partition coefficient (Wildman–Crippen LogP) is -2.36. The first-order chi connectivity index (χ1) is 6.22. The molecule has 0 rings (SSSR count). The number of rotatable bonds is 4. The Hall–Kier alpha value is -0.970. The number of hydrogen-bond acceptors (Lipinski definition) is 5. The van der Waals surface area contributed by atoms with Crippen LogP contribution in [0.4, 0.5) is 4.79 Å². The van der Waals surface area contributed by atoms with Gasteiger partial charge in [-0.3, -0.25) is 5.43 Å². The molecule has 0 spiro atoms. The Labute approximate surface area is 83.3 Å². The number of thiocarbonyl (C=S) groups is 1. The van der Waals surface area contributed by atoms with Crippen molar-refractivity contribution in [3.05, 3.63) is 0 Å². The molecule has 0 aromatic rings. The third-order valence-corrected chi connectivity index (χ3v) is 1.15. The van der Waals surface area contributed by atoms with Crippen LogP contribution in [0.1, 0.15) is 0 Å². The first-order valence-electron chi connectivity index (χ1n) is 2.88. The van der Waals surface area contributed by atoms with Gasteiger partial charge in [-0.15, -0.1) is 10.2 Å². The van der Waals surface area contributed by atoms with E-state index in [1.54, 1.807) is 5.53 Å². The number of hydroxylamine groups is 1. The molecule has 12 heteroatoms. The molecular formula is C2H8N5O5PS. The van der Waals surface area contributed by atoms with Crippen LogP contribution in [0.3, 0.4) is 0 Å². The average Bonchev–Trinajstić information content (AvgIpc) is 1.94. The number of carbonyl (C=O) groups excluding carboxylic acids is 1. The van der Waals surface area contributed by atoms with Crippen molar-refractivity contribution in [3.63, 3.8) is 0 Å². The Balaban J connectivity index is 4.24. The summed E-state index contributed by atoms with van der Waals surface area (Å²) in [5.41, 5.74) is 13.4. The molecule has 0 heterocycles. The Kier molecular flexibility index (Phi) is 4.70. The first kappa shape index (κ1) is 13.0. The summed E-state index contributed by atoms with van der Waals surface area (Å²) in [5.74, 6) is 0. The van der Waals surface area contributed by atoms with Crippen molar-refractivity contribution in [2.75, 3.05) is 0 Å². The van der Waals surface area contributed by atoms with Crippen molar-refractivity contribution < 1.29 is 23.8 Å². The molecule has 0 aliphatic heterocycles. The van der Waals surface area contributed by atoms with E-state index in [4.69, 9.17) is 15.5 Å². The topological polar surface area (TPSA) is 163 Å². The summed E-state index contributed by atoms with van der Waals surface area (Å²) in [6.45, 7) is 0. The SMILES string of the molecule is NC(=O)N(NNC(N)=S)OP(=O)(O)O. The normalized spacial score (nSPS) is 10.7. The van der Waals surface area contributed by atoms with Gasteiger partial charge < -0.3 is 21.3 Å². The fourth-order valence-electron chi connectivity index (χ4n) is 0.328. The molecule has 0 bridgehead atoms. The number of amides is 2. The number of urea groups is 1. The van der Waals surface area contributed by atoms with Gasteiger partial charge in [-0.25, -0.2) is 9.36 Å². The zero-order valence-corrected chi connectivity index (χ0v) is 8.29. The number of hydrogen-bond donors (Lipinski definition) is 6. The van der Waals surface area contributed by atoms with Crippen molar-refractivity contribution in [1.29, 1.82) is 0 Å². The number of nitrogens with zero attached hydrogens (tertiary/aromatic N) is 1. The second kappa shape index (κ2) is 5.05. The molecule has 0 fully saturated rings. The van der Waals surface area contributed by atoms with Gasteiger partial charge in [0.25, 0.3) is 0 Å². The molecule has 0 aliphatic carbocycles. The Morgan fingerprint density at radius 3 is 2.29 bits per heavy atom. The summed E-state index contributed by atoms with van der Waals surface area (Å²) in [6.07, 6.45) is 0. The van der Waals surface area contributed by atoms with Crippen LogP contribution in [0.15, 0.2) is 0 Å². The van der Waals surface area contributed by atoms with Gasteiger partial charge >= 0.3 is 13.9 Å². The van der Waals surface area contributed by atoms with Crippen LogP contribution in [0.2, 0.25) is 0 Å². The van der Waals surface area contributed by atoms with Gasteiger partial charge in [0.1, 0.15) is 0 Å². The summed E-state index contributed by atoms with van der Waals surface area (Å²) < 4.78 is 14.1. The van der Waals surface area contributed by atoms with E-state index in [0.717, 1.165) is 0 Å². The molecule has 0 aromatic heterocycles. The van der Waals surface area contributed by atoms with Gasteiger partial charge in [-0.05, 0) is 12.2 Å². The van der Waals surface area contributed by atoms with Gasteiger partial charge in [0.05, 0.1) is 0 Å². The third-order valence-electron chi connectivity index (χ3n) is 0.669. The van der Waals surface area contributed by atoms with E-state index in [1.165, 1.54) is 0 Å². The maximum absolute atomic E-state index is 10.5. The minimum Gasteiger partial charge on any atom is -0.375 e. The number of hydrazine groups is 2. The molecule has 0 aliphatic rings. The lowest BCUT2D eigenvalue weighted by Gasteiger charge is -2.19. The lowest BCUT2D eigenvalue weighted by Crippen LogP contribution is -2.54. The van der Waals surface area contributed by atoms with Gasteiger partial charge in [0.2, 0.25) is 0 Å². The zero-order chi connectivity index (χ0) is 11.4. The Bertz CT molecular complexity index is 277. The van der Waals surface area contributed by atoms with Gasteiger partial charge in [0, 0.05) is 0 Å². The van der Waals surface area contributed by atoms with E-state index < -0.39 is 13.9 Å². The minimum absolute atomic E-state index is 0.0556. The maximum atomic E-state index is 10.5. The van der Waals surface area contributed by atoms with Crippen LogP contribution in [-0.2, 0) is 9.19 Å². The third kappa shape index (κ3) is 6.54. The highest BCUT2D eigenvalue weighted by Crippen LogP contribution is 2.36. The van der Waals surface area contributed by atoms with Gasteiger partial charge in [0.15, 0.2) is 5.11 Å². The average molecular weight is 245 g/mol. The monoisotopic (exact) mass is 245 g/mol. The van der Waals surface area contributed by atoms with E-state index >= 15 is 0 Å². The van der Waals surface area contributed by atoms with Crippen molar-refractivity contribution in [3.8, 4) is 0 Å². The van der Waals surface area contributed by atoms with E-state index in [2.05, 4.69) is 22.6 Å². The zero-order valence-electron chi connectivity index (χ0n) is 6.58. The van der Waals surface area contributed by atoms with E-state index in [-0.39, 0.29) is 10.3 Å². The summed E-state index contributed by atoms with van der Waals surface area (Å²) in [5, 5.41) is -0.342. The number of nitrogens with two attached hydrogens (primary N) is 2. The van der Waals surface area contributed by atoms with Gasteiger partial charge in [-0.1, -0.05) is 5.17 Å². The fourth-order valence-corrected chi connectivity index (χ4v) is 0.708. The van der Waals surface area contributed by atoms with Crippen molar-refractivity contribution in [1.82, 2.24) is 16.1 Å². The smallest absolute Gasteiger partial charge is 0.375 e. The highest BCUT2D eigenvalue weighted by Gasteiger charge is 2.23. The molecule has 8 N–H and O–H groups in total. The summed E-state index contributed by atoms with van der Waals surface area (Å²) >= 11 is 4.32. The predicted molar refractivity (Wildman–Crippen MR) is 47.6 cm³/mol. The fraction of sp³-hybridized carbons (Fsp3) is 0. The number of nitrogens with one attached hydrogen (secondary N) is 2. The molecule has 14 heavy (non-hydrogen) atoms. The minimum atomic E-state index is -4.90. The van der Waals surface area contributed by atoms with E-state index in [0.29, 0.717) is 0 Å². The molecule has 0 atom stereocenters. The number of phosphoric acid groups is 1. The largest absolute Gasteiger partial charge is 0.492 e. The molecule has 10 nitrogen and oxygen atoms in total. The molecule has 82 valence electrons. The second-order valence-electron chi connectivity index (χ2n) is 1.81. The molecule has 0 aromatic carbocycles. The number of primary amides is 1. The Morgan fingerprint density at radius 1 is 1.50 bits per heavy atom. The lowest BCUT2D eigenvalue weighted by atomic mass is 11.1. The first-order valence-corrected chi connectivity index (χ1v) is 4.82. The van der Waals surface area contributed by atoms with Crippen LogP contribution in [0, 0.1) is 0 Å². The molecule has 0 radical (unpaired) electrons. The van der Waals surface area contributed by atoms with E-state index in [9.17, 15) is 9.36 Å². The van der Waals surface area contributed by atoms with Gasteiger partial charge in [-0.2, -0.15) is 0 Å². The molecular weight excluding hydrogens is 237 g/mol. The number of carbonyl (C=O) groups is 1. The highest BCUT2D eigenvalue weighted by molar-refractivity contribution is 7.80. The van der Waals surface area contributed by atoms with Crippen molar-refractivity contribution in [2.45, 2.75) is 0 Å². The summed E-state index contributed by atoms with van der Waals surface area (Å²) in [7, 11) is -4.90.